The second-order valence-electron chi connectivity index (χ2n) is 5.40. The quantitative estimate of drug-likeness (QED) is 0.840. The molecule has 2 aromatic rings. The van der Waals surface area contributed by atoms with Gasteiger partial charge in [0.1, 0.15) is 11.3 Å². The van der Waals surface area contributed by atoms with Crippen molar-refractivity contribution in [1.29, 1.82) is 0 Å². The van der Waals surface area contributed by atoms with E-state index in [1.165, 1.54) is 7.11 Å². The van der Waals surface area contributed by atoms with Crippen LogP contribution in [0.3, 0.4) is 0 Å². The van der Waals surface area contributed by atoms with Crippen molar-refractivity contribution in [3.8, 4) is 17.2 Å². The molecule has 0 radical (unpaired) electrons. The molecule has 3 rings (SSSR count). The number of carbonyl (C=O) groups is 2. The lowest BCUT2D eigenvalue weighted by atomic mass is 10.1. The van der Waals surface area contributed by atoms with Crippen LogP contribution in [0.1, 0.15) is 15.9 Å². The molecule has 0 aromatic heterocycles. The smallest absolute Gasteiger partial charge is 0.342 e. The predicted octanol–water partition coefficient (Wildman–Crippen LogP) is 2.53. The van der Waals surface area contributed by atoms with Crippen LogP contribution in [0.4, 0.5) is 5.69 Å². The molecule has 130 valence electrons. The normalized spacial score (nSPS) is 11.8. The Balaban J connectivity index is 1.59. The van der Waals surface area contributed by atoms with Crippen molar-refractivity contribution in [3.63, 3.8) is 0 Å². The second-order valence-corrected chi connectivity index (χ2v) is 5.40. The van der Waals surface area contributed by atoms with Crippen LogP contribution < -0.4 is 19.5 Å². The van der Waals surface area contributed by atoms with Crippen LogP contribution in [0.5, 0.6) is 17.2 Å². The van der Waals surface area contributed by atoms with Gasteiger partial charge in [0.2, 0.25) is 6.79 Å². The maximum Gasteiger partial charge on any atom is 0.342 e. The van der Waals surface area contributed by atoms with Crippen molar-refractivity contribution in [1.82, 2.24) is 0 Å². The Hall–Kier alpha value is -3.22. The fourth-order valence-electron chi connectivity index (χ4n) is 2.36. The second kappa shape index (κ2) is 7.12. The van der Waals surface area contributed by atoms with Gasteiger partial charge in [-0.3, -0.25) is 4.79 Å². The minimum absolute atomic E-state index is 0.155. The van der Waals surface area contributed by atoms with Crippen molar-refractivity contribution >= 4 is 17.6 Å². The first-order valence-electron chi connectivity index (χ1n) is 7.58. The number of amides is 1. The van der Waals surface area contributed by atoms with Gasteiger partial charge in [-0.05, 0) is 31.2 Å². The van der Waals surface area contributed by atoms with E-state index in [1.54, 1.807) is 30.3 Å². The molecule has 1 amide bonds. The third kappa shape index (κ3) is 3.82. The third-order valence-electron chi connectivity index (χ3n) is 3.57. The summed E-state index contributed by atoms with van der Waals surface area (Å²) in [5, 5.41) is 2.64. The zero-order valence-electron chi connectivity index (χ0n) is 13.8. The number of methoxy groups -OCH3 is 1. The summed E-state index contributed by atoms with van der Waals surface area (Å²) >= 11 is 0. The van der Waals surface area contributed by atoms with E-state index in [-0.39, 0.29) is 12.4 Å². The van der Waals surface area contributed by atoms with Crippen LogP contribution in [0.25, 0.3) is 0 Å². The van der Waals surface area contributed by atoms with Crippen molar-refractivity contribution in [2.45, 2.75) is 6.92 Å². The van der Waals surface area contributed by atoms with E-state index >= 15 is 0 Å². The van der Waals surface area contributed by atoms with Gasteiger partial charge in [-0.1, -0.05) is 11.6 Å². The molecule has 7 nitrogen and oxygen atoms in total. The average Bonchev–Trinajstić information content (AvgIpc) is 3.07. The van der Waals surface area contributed by atoms with Gasteiger partial charge < -0.3 is 24.3 Å². The minimum atomic E-state index is -0.624. The molecule has 2 aromatic carbocycles. The maximum absolute atomic E-state index is 12.2. The molecule has 0 unspecified atom stereocenters. The summed E-state index contributed by atoms with van der Waals surface area (Å²) in [5.74, 6) is 0.488. The number of nitrogens with one attached hydrogen (secondary N) is 1. The maximum atomic E-state index is 12.2. The fourth-order valence-corrected chi connectivity index (χ4v) is 2.36. The molecule has 0 saturated heterocycles. The van der Waals surface area contributed by atoms with E-state index in [0.29, 0.717) is 22.9 Å². The summed E-state index contributed by atoms with van der Waals surface area (Å²) in [6.45, 7) is 1.59. The highest BCUT2D eigenvalue weighted by atomic mass is 16.7. The van der Waals surface area contributed by atoms with Crippen LogP contribution in [0.2, 0.25) is 0 Å². The Kier molecular flexibility index (Phi) is 4.74. The number of fused-ring (bicyclic) bond motifs is 1. The lowest BCUT2D eigenvalue weighted by Crippen LogP contribution is -2.21. The Morgan fingerprint density at radius 3 is 2.72 bits per heavy atom. The Morgan fingerprint density at radius 1 is 1.12 bits per heavy atom. The predicted molar refractivity (Wildman–Crippen MR) is 89.2 cm³/mol. The van der Waals surface area contributed by atoms with Crippen molar-refractivity contribution in [2.24, 2.45) is 0 Å². The van der Waals surface area contributed by atoms with E-state index in [1.807, 2.05) is 13.0 Å². The molecule has 0 bridgehead atoms. The molecule has 1 N–H and O–H groups in total. The molecule has 25 heavy (non-hydrogen) atoms. The molecule has 0 spiro atoms. The number of ether oxygens (including phenoxy) is 4. The van der Waals surface area contributed by atoms with Crippen molar-refractivity contribution in [2.75, 3.05) is 25.8 Å². The van der Waals surface area contributed by atoms with E-state index < -0.39 is 18.5 Å². The number of aryl methyl sites for hydroxylation is 1. The molecule has 0 atom stereocenters. The first kappa shape index (κ1) is 16.6. The Morgan fingerprint density at radius 2 is 1.92 bits per heavy atom. The number of carbonyl (C=O) groups excluding carboxylic acids is 2. The van der Waals surface area contributed by atoms with Crippen molar-refractivity contribution in [3.05, 3.63) is 47.5 Å². The lowest BCUT2D eigenvalue weighted by Gasteiger charge is -2.10. The molecule has 1 heterocycles. The third-order valence-corrected chi connectivity index (χ3v) is 3.57. The first-order valence-corrected chi connectivity index (χ1v) is 7.58. The first-order chi connectivity index (χ1) is 12.1. The van der Waals surface area contributed by atoms with Gasteiger partial charge in [-0.15, -0.1) is 0 Å². The highest BCUT2D eigenvalue weighted by Gasteiger charge is 2.17. The molecule has 0 aliphatic carbocycles. The molecule has 1 aliphatic heterocycles. The van der Waals surface area contributed by atoms with Crippen molar-refractivity contribution < 1.29 is 28.5 Å². The van der Waals surface area contributed by atoms with Gasteiger partial charge in [0, 0.05) is 11.8 Å². The molecule has 0 saturated carbocycles. The SMILES string of the molecule is COc1ccc(C)cc1C(=O)OCC(=O)Nc1ccc2c(c1)OCO2. The monoisotopic (exact) mass is 343 g/mol. The van der Waals surface area contributed by atoms with Gasteiger partial charge in [0.25, 0.3) is 5.91 Å². The van der Waals surface area contributed by atoms with E-state index in [0.717, 1.165) is 5.56 Å². The zero-order chi connectivity index (χ0) is 17.8. The summed E-state index contributed by atoms with van der Waals surface area (Å²) in [7, 11) is 1.47. The van der Waals surface area contributed by atoms with Crippen LogP contribution in [-0.2, 0) is 9.53 Å². The zero-order valence-corrected chi connectivity index (χ0v) is 13.8. The number of esters is 1. The molecule has 1 aliphatic rings. The number of benzene rings is 2. The van der Waals surface area contributed by atoms with Crippen LogP contribution in [0, 0.1) is 6.92 Å². The van der Waals surface area contributed by atoms with Crippen LogP contribution in [-0.4, -0.2) is 32.4 Å². The minimum Gasteiger partial charge on any atom is -0.496 e. The molecular formula is C18H17NO6. The number of rotatable bonds is 5. The van der Waals surface area contributed by atoms with Gasteiger partial charge in [-0.25, -0.2) is 4.79 Å². The van der Waals surface area contributed by atoms with Crippen LogP contribution >= 0.6 is 0 Å². The van der Waals surface area contributed by atoms with E-state index in [9.17, 15) is 9.59 Å². The van der Waals surface area contributed by atoms with Gasteiger partial charge >= 0.3 is 5.97 Å². The van der Waals surface area contributed by atoms with Gasteiger partial charge in [0.15, 0.2) is 18.1 Å². The number of anilines is 1. The lowest BCUT2D eigenvalue weighted by molar-refractivity contribution is -0.119. The standard InChI is InChI=1S/C18H17NO6/c1-11-3-5-14(22-2)13(7-11)18(21)23-9-17(20)19-12-4-6-15-16(8-12)25-10-24-15/h3-8H,9-10H2,1-2H3,(H,19,20). The summed E-state index contributed by atoms with van der Waals surface area (Å²) in [5.41, 5.74) is 1.69. The molecular weight excluding hydrogens is 326 g/mol. The van der Waals surface area contributed by atoms with Gasteiger partial charge in [-0.2, -0.15) is 0 Å². The van der Waals surface area contributed by atoms with Crippen LogP contribution in [0.15, 0.2) is 36.4 Å². The van der Waals surface area contributed by atoms with Gasteiger partial charge in [0.05, 0.1) is 7.11 Å². The average molecular weight is 343 g/mol. The van der Waals surface area contributed by atoms with E-state index in [2.05, 4.69) is 5.32 Å². The Labute approximate surface area is 144 Å². The largest absolute Gasteiger partial charge is 0.496 e. The summed E-state index contributed by atoms with van der Waals surface area (Å²) < 4.78 is 20.6. The summed E-state index contributed by atoms with van der Waals surface area (Å²) in [4.78, 5) is 24.1. The topological polar surface area (TPSA) is 83.1 Å². The molecule has 7 heteroatoms. The number of hydrogen-bond acceptors (Lipinski definition) is 6. The fraction of sp³-hybridized carbons (Fsp3) is 0.222. The number of hydrogen-bond donors (Lipinski definition) is 1. The molecule has 0 fully saturated rings. The van der Waals surface area contributed by atoms with E-state index in [4.69, 9.17) is 18.9 Å². The summed E-state index contributed by atoms with van der Waals surface area (Å²) in [6.07, 6.45) is 0. The highest BCUT2D eigenvalue weighted by molar-refractivity contribution is 5.97. The Bertz CT molecular complexity index is 817. The highest BCUT2D eigenvalue weighted by Crippen LogP contribution is 2.34. The summed E-state index contributed by atoms with van der Waals surface area (Å²) in [6, 6.07) is 10.2.